The van der Waals surface area contributed by atoms with E-state index < -0.39 is 23.5 Å². The number of nitrogens with zero attached hydrogens (tertiary/aromatic N) is 4. The summed E-state index contributed by atoms with van der Waals surface area (Å²) >= 11 is 9.86. The molecule has 0 spiro atoms. The van der Waals surface area contributed by atoms with Crippen LogP contribution in [0.15, 0.2) is 76.9 Å². The summed E-state index contributed by atoms with van der Waals surface area (Å²) in [6.45, 7) is 7.45. The average molecular weight is 611 g/mol. The van der Waals surface area contributed by atoms with Gasteiger partial charge in [-0.1, -0.05) is 77.7 Å². The molecule has 12 heteroatoms. The molecule has 40 heavy (non-hydrogen) atoms. The fraction of sp³-hybridized carbons (Fsp3) is 0.179. The van der Waals surface area contributed by atoms with Crippen molar-refractivity contribution in [3.63, 3.8) is 0 Å². The highest BCUT2D eigenvalue weighted by molar-refractivity contribution is 8.00. The largest absolute Gasteiger partial charge is 0.503 e. The van der Waals surface area contributed by atoms with E-state index in [4.69, 9.17) is 16.3 Å². The second kappa shape index (κ2) is 11.9. The average Bonchev–Trinajstić information content (AvgIpc) is 3.62. The number of carbonyl (C=O) groups excluding carboxylic acids is 2. The Morgan fingerprint density at radius 2 is 1.93 bits per heavy atom. The maximum atomic E-state index is 13.9. The quantitative estimate of drug-likeness (QED) is 0.0894. The van der Waals surface area contributed by atoms with Crippen LogP contribution in [-0.4, -0.2) is 38.6 Å². The van der Waals surface area contributed by atoms with Crippen molar-refractivity contribution in [3.8, 4) is 5.75 Å². The van der Waals surface area contributed by atoms with Gasteiger partial charge in [0, 0.05) is 16.3 Å². The van der Waals surface area contributed by atoms with Crippen LogP contribution < -0.4 is 9.64 Å². The molecule has 2 aromatic carbocycles. The smallest absolute Gasteiger partial charge is 0.296 e. The lowest BCUT2D eigenvalue weighted by atomic mass is 9.94. The summed E-state index contributed by atoms with van der Waals surface area (Å²) in [5.41, 5.74) is 2.05. The molecule has 0 radical (unpaired) electrons. The molecule has 3 heterocycles. The van der Waals surface area contributed by atoms with E-state index in [2.05, 4.69) is 21.8 Å². The van der Waals surface area contributed by atoms with Crippen LogP contribution in [0.25, 0.3) is 0 Å². The van der Waals surface area contributed by atoms with Gasteiger partial charge in [-0.05, 0) is 37.6 Å². The first-order valence-electron chi connectivity index (χ1n) is 12.1. The highest BCUT2D eigenvalue weighted by Gasteiger charge is 2.47. The summed E-state index contributed by atoms with van der Waals surface area (Å²) in [6, 6.07) is 13.6. The molecule has 5 rings (SSSR count). The Morgan fingerprint density at radius 3 is 2.62 bits per heavy atom. The lowest BCUT2D eigenvalue weighted by molar-refractivity contribution is -0.117. The molecule has 204 valence electrons. The zero-order chi connectivity index (χ0) is 28.4. The summed E-state index contributed by atoms with van der Waals surface area (Å²) < 4.78 is 6.51. The summed E-state index contributed by atoms with van der Waals surface area (Å²) in [5, 5.41) is 21.3. The molecule has 1 amide bonds. The fourth-order valence-electron chi connectivity index (χ4n) is 4.26. The lowest BCUT2D eigenvalue weighted by Crippen LogP contribution is -2.31. The number of benzene rings is 2. The van der Waals surface area contributed by atoms with E-state index in [-0.39, 0.29) is 17.3 Å². The maximum Gasteiger partial charge on any atom is 0.296 e. The Labute approximate surface area is 248 Å². The second-order valence-electron chi connectivity index (χ2n) is 8.72. The Morgan fingerprint density at radius 1 is 1.18 bits per heavy atom. The minimum atomic E-state index is -0.995. The minimum absolute atomic E-state index is 0.0584. The van der Waals surface area contributed by atoms with Crippen molar-refractivity contribution < 1.29 is 19.4 Å². The van der Waals surface area contributed by atoms with Crippen molar-refractivity contribution in [1.82, 2.24) is 15.2 Å². The number of carbonyl (C=O) groups is 2. The molecule has 8 nitrogen and oxygen atoms in total. The number of thiazole rings is 1. The third-order valence-corrected chi connectivity index (χ3v) is 9.46. The number of hydrogen-bond acceptors (Lipinski definition) is 10. The van der Waals surface area contributed by atoms with Gasteiger partial charge in [-0.3, -0.25) is 14.5 Å². The predicted molar refractivity (Wildman–Crippen MR) is 159 cm³/mol. The molecule has 1 aliphatic rings. The molecule has 1 unspecified atom stereocenters. The third-order valence-electron chi connectivity index (χ3n) is 6.01. The number of anilines is 1. The van der Waals surface area contributed by atoms with Gasteiger partial charge in [0.05, 0.1) is 21.2 Å². The number of aliphatic hydroxyl groups excluding tert-OH is 1. The molecular weight excluding hydrogens is 588 g/mol. The summed E-state index contributed by atoms with van der Waals surface area (Å²) in [6.07, 6.45) is 1.60. The van der Waals surface area contributed by atoms with Gasteiger partial charge in [0.15, 0.2) is 10.1 Å². The van der Waals surface area contributed by atoms with Crippen molar-refractivity contribution >= 4 is 62.9 Å². The topological polar surface area (TPSA) is 106 Å². The van der Waals surface area contributed by atoms with Gasteiger partial charge < -0.3 is 9.84 Å². The maximum absolute atomic E-state index is 13.9. The second-order valence-corrected chi connectivity index (χ2v) is 12.5. The van der Waals surface area contributed by atoms with E-state index in [1.807, 2.05) is 24.3 Å². The molecule has 2 aromatic heterocycles. The monoisotopic (exact) mass is 610 g/mol. The number of rotatable bonds is 10. The molecule has 1 N–H and O–H groups in total. The normalized spacial score (nSPS) is 15.1. The van der Waals surface area contributed by atoms with E-state index in [0.717, 1.165) is 5.56 Å². The number of thioether (sulfide) groups is 1. The first-order valence-corrected chi connectivity index (χ1v) is 15.1. The molecule has 0 saturated heterocycles. The van der Waals surface area contributed by atoms with Gasteiger partial charge >= 0.3 is 0 Å². The number of aromatic nitrogens is 3. The number of halogens is 1. The first kappa shape index (κ1) is 28.0. The number of ketones is 1. The van der Waals surface area contributed by atoms with Crippen LogP contribution in [-0.2, 0) is 10.5 Å². The number of aryl methyl sites for hydroxylation is 2. The number of Topliss-reactive ketones (excluding diaryl/α,β-unsaturated/α-hetero) is 1. The Kier molecular flexibility index (Phi) is 8.36. The van der Waals surface area contributed by atoms with E-state index in [1.54, 1.807) is 44.2 Å². The minimum Gasteiger partial charge on any atom is -0.503 e. The molecule has 0 aliphatic carbocycles. The van der Waals surface area contributed by atoms with E-state index in [1.165, 1.54) is 39.3 Å². The van der Waals surface area contributed by atoms with Gasteiger partial charge in [-0.2, -0.15) is 0 Å². The fourth-order valence-corrected chi connectivity index (χ4v) is 7.09. The van der Waals surface area contributed by atoms with Crippen LogP contribution >= 0.6 is 46.0 Å². The van der Waals surface area contributed by atoms with Gasteiger partial charge in [0.2, 0.25) is 10.9 Å². The highest BCUT2D eigenvalue weighted by atomic mass is 35.5. The number of para-hydroxylation sites is 1. The van der Waals surface area contributed by atoms with Gasteiger partial charge in [0.1, 0.15) is 18.4 Å². The molecular formula is C28H23ClN4O4S3. The van der Waals surface area contributed by atoms with Crippen molar-refractivity contribution in [2.45, 2.75) is 30.0 Å². The van der Waals surface area contributed by atoms with Gasteiger partial charge in [-0.25, -0.2) is 4.98 Å². The lowest BCUT2D eigenvalue weighted by Gasteiger charge is -2.25. The molecule has 1 atom stereocenters. The van der Waals surface area contributed by atoms with E-state index >= 15 is 0 Å². The Bertz CT molecular complexity index is 1630. The van der Waals surface area contributed by atoms with Crippen molar-refractivity contribution in [2.75, 3.05) is 11.5 Å². The molecule has 0 fully saturated rings. The summed E-state index contributed by atoms with van der Waals surface area (Å²) in [5.74, 6) is -0.773. The highest BCUT2D eigenvalue weighted by Crippen LogP contribution is 2.46. The van der Waals surface area contributed by atoms with E-state index in [0.29, 0.717) is 42.0 Å². The van der Waals surface area contributed by atoms with Crippen molar-refractivity contribution in [2.24, 2.45) is 0 Å². The SMILES string of the molecule is C=CCOc1ccccc1C1C(C(=O)c2sc(C)nc2C)=C(O)C(=O)N1c1nnc(SCc2ccc(Cl)cc2)s1. The number of amides is 1. The Hall–Kier alpha value is -3.51. The first-order chi connectivity index (χ1) is 19.3. The molecule has 0 bridgehead atoms. The van der Waals surface area contributed by atoms with Crippen LogP contribution in [0.3, 0.4) is 0 Å². The standard InChI is InChI=1S/C28H23ClN4O4S3/c1-4-13-37-20-8-6-5-7-19(20)22-21(23(34)25-15(2)30-16(3)39-25)24(35)26(36)33(22)27-31-32-28(40-27)38-14-17-9-11-18(29)12-10-17/h4-12,22,35H,1,13-14H2,2-3H3. The molecule has 4 aromatic rings. The van der Waals surface area contributed by atoms with Crippen LogP contribution in [0.2, 0.25) is 5.02 Å². The van der Waals surface area contributed by atoms with Crippen LogP contribution in [0.5, 0.6) is 5.75 Å². The number of aliphatic hydroxyl groups is 1. The zero-order valence-electron chi connectivity index (χ0n) is 21.5. The zero-order valence-corrected chi connectivity index (χ0v) is 24.7. The molecule has 0 saturated carbocycles. The van der Waals surface area contributed by atoms with E-state index in [9.17, 15) is 14.7 Å². The number of hydrogen-bond donors (Lipinski definition) is 1. The third kappa shape index (κ3) is 5.55. The van der Waals surface area contributed by atoms with Crippen LogP contribution in [0.4, 0.5) is 5.13 Å². The van der Waals surface area contributed by atoms with Crippen molar-refractivity contribution in [3.05, 3.63) is 104 Å². The van der Waals surface area contributed by atoms with Gasteiger partial charge in [-0.15, -0.1) is 21.5 Å². The predicted octanol–water partition coefficient (Wildman–Crippen LogP) is 6.90. The summed E-state index contributed by atoms with van der Waals surface area (Å²) in [7, 11) is 0. The van der Waals surface area contributed by atoms with Crippen molar-refractivity contribution in [1.29, 1.82) is 0 Å². The van der Waals surface area contributed by atoms with Crippen LogP contribution in [0, 0.1) is 13.8 Å². The van der Waals surface area contributed by atoms with Gasteiger partial charge in [0.25, 0.3) is 5.91 Å². The summed E-state index contributed by atoms with van der Waals surface area (Å²) in [4.78, 5) is 33.5. The Balaban J connectivity index is 1.54. The number of ether oxygens (including phenoxy) is 1. The molecule has 1 aliphatic heterocycles. The van der Waals surface area contributed by atoms with Crippen LogP contribution in [0.1, 0.15) is 37.5 Å².